The molecule has 0 fully saturated rings. The Balaban J connectivity index is 3.31. The van der Waals surface area contributed by atoms with Gasteiger partial charge in [0, 0.05) is 0 Å². The van der Waals surface area contributed by atoms with Gasteiger partial charge in [-0.3, -0.25) is 0 Å². The Morgan fingerprint density at radius 2 is 1.20 bits per heavy atom. The standard InChI is InChI=1S/C13H14F6O/c1-7(2)20-8(3)9-4-10(12(14,15)16)6-11(5-9)13(17,18)19/h4-8H,1-3H3. The molecule has 0 bridgehead atoms. The largest absolute Gasteiger partial charge is 0.416 e. The van der Waals surface area contributed by atoms with Crippen LogP contribution in [-0.4, -0.2) is 6.10 Å². The summed E-state index contributed by atoms with van der Waals surface area (Å²) in [5.74, 6) is 0. The molecule has 0 saturated heterocycles. The van der Waals surface area contributed by atoms with E-state index in [9.17, 15) is 26.3 Å². The second-order valence-electron chi connectivity index (χ2n) is 4.67. The Labute approximate surface area is 112 Å². The van der Waals surface area contributed by atoms with Crippen LogP contribution in [0.25, 0.3) is 0 Å². The van der Waals surface area contributed by atoms with E-state index in [1.165, 1.54) is 6.92 Å². The summed E-state index contributed by atoms with van der Waals surface area (Å²) < 4.78 is 81.2. The van der Waals surface area contributed by atoms with E-state index in [4.69, 9.17) is 4.74 Å². The third kappa shape index (κ3) is 4.40. The maximum Gasteiger partial charge on any atom is 0.416 e. The van der Waals surface area contributed by atoms with E-state index < -0.39 is 29.6 Å². The highest BCUT2D eigenvalue weighted by molar-refractivity contribution is 5.34. The van der Waals surface area contributed by atoms with Crippen molar-refractivity contribution in [3.05, 3.63) is 34.9 Å². The van der Waals surface area contributed by atoms with Crippen molar-refractivity contribution in [2.75, 3.05) is 0 Å². The quantitative estimate of drug-likeness (QED) is 0.696. The summed E-state index contributed by atoms with van der Waals surface area (Å²) in [6.45, 7) is 4.71. The lowest BCUT2D eigenvalue weighted by atomic mass is 10.0. The van der Waals surface area contributed by atoms with Gasteiger partial charge in [-0.15, -0.1) is 0 Å². The fraction of sp³-hybridized carbons (Fsp3) is 0.538. The van der Waals surface area contributed by atoms with Gasteiger partial charge in [0.25, 0.3) is 0 Å². The highest BCUT2D eigenvalue weighted by atomic mass is 19.4. The summed E-state index contributed by atoms with van der Waals surface area (Å²) in [4.78, 5) is 0. The first-order valence-electron chi connectivity index (χ1n) is 5.86. The summed E-state index contributed by atoms with van der Waals surface area (Å²) in [5, 5.41) is 0. The van der Waals surface area contributed by atoms with Crippen molar-refractivity contribution in [2.45, 2.75) is 45.3 Å². The number of hydrogen-bond acceptors (Lipinski definition) is 1. The molecule has 0 saturated carbocycles. The summed E-state index contributed by atoms with van der Waals surface area (Å²) in [5.41, 5.74) is -2.82. The van der Waals surface area contributed by atoms with Gasteiger partial charge in [0.15, 0.2) is 0 Å². The van der Waals surface area contributed by atoms with Gasteiger partial charge in [-0.05, 0) is 44.5 Å². The number of alkyl halides is 6. The maximum absolute atomic E-state index is 12.7. The van der Waals surface area contributed by atoms with Crippen molar-refractivity contribution in [2.24, 2.45) is 0 Å². The second-order valence-corrected chi connectivity index (χ2v) is 4.67. The molecule has 1 nitrogen and oxygen atoms in total. The summed E-state index contributed by atoms with van der Waals surface area (Å²) >= 11 is 0. The van der Waals surface area contributed by atoms with Crippen LogP contribution in [0.2, 0.25) is 0 Å². The topological polar surface area (TPSA) is 9.23 Å². The Morgan fingerprint density at radius 1 is 0.800 bits per heavy atom. The Morgan fingerprint density at radius 3 is 1.50 bits per heavy atom. The first-order valence-corrected chi connectivity index (χ1v) is 5.86. The Hall–Kier alpha value is -1.24. The zero-order valence-electron chi connectivity index (χ0n) is 11.1. The van der Waals surface area contributed by atoms with Crippen LogP contribution in [0.4, 0.5) is 26.3 Å². The van der Waals surface area contributed by atoms with Crippen LogP contribution in [0.3, 0.4) is 0 Å². The van der Waals surface area contributed by atoms with Crippen LogP contribution >= 0.6 is 0 Å². The molecule has 114 valence electrons. The van der Waals surface area contributed by atoms with Crippen LogP contribution < -0.4 is 0 Å². The van der Waals surface area contributed by atoms with E-state index in [2.05, 4.69) is 0 Å². The molecule has 1 aromatic carbocycles. The molecule has 0 aliphatic heterocycles. The van der Waals surface area contributed by atoms with Gasteiger partial charge in [-0.25, -0.2) is 0 Å². The smallest absolute Gasteiger partial charge is 0.371 e. The second kappa shape index (κ2) is 5.63. The molecule has 0 N–H and O–H groups in total. The van der Waals surface area contributed by atoms with Crippen LogP contribution in [0.1, 0.15) is 43.6 Å². The summed E-state index contributed by atoms with van der Waals surface area (Å²) in [7, 11) is 0. The van der Waals surface area contributed by atoms with Crippen molar-refractivity contribution < 1.29 is 31.1 Å². The average Bonchev–Trinajstić information content (AvgIpc) is 2.25. The predicted octanol–water partition coefficient (Wildman–Crippen LogP) is 5.21. The van der Waals surface area contributed by atoms with E-state index in [0.717, 1.165) is 0 Å². The fourth-order valence-electron chi connectivity index (χ4n) is 1.70. The molecule has 1 rings (SSSR count). The van der Waals surface area contributed by atoms with E-state index in [1.807, 2.05) is 0 Å². The van der Waals surface area contributed by atoms with Gasteiger partial charge >= 0.3 is 12.4 Å². The lowest BCUT2D eigenvalue weighted by Gasteiger charge is -2.20. The minimum atomic E-state index is -4.84. The fourth-order valence-corrected chi connectivity index (χ4v) is 1.70. The zero-order chi connectivity index (χ0) is 15.7. The number of rotatable bonds is 3. The molecule has 1 atom stereocenters. The molecular formula is C13H14F6O. The molecular weight excluding hydrogens is 286 g/mol. The lowest BCUT2D eigenvalue weighted by molar-refractivity contribution is -0.143. The van der Waals surface area contributed by atoms with Gasteiger partial charge in [-0.1, -0.05) is 0 Å². The van der Waals surface area contributed by atoms with Crippen molar-refractivity contribution in [1.82, 2.24) is 0 Å². The van der Waals surface area contributed by atoms with Crippen molar-refractivity contribution in [1.29, 1.82) is 0 Å². The van der Waals surface area contributed by atoms with Crippen molar-refractivity contribution >= 4 is 0 Å². The third-order valence-corrected chi connectivity index (χ3v) is 2.56. The zero-order valence-corrected chi connectivity index (χ0v) is 11.1. The number of hydrogen-bond donors (Lipinski definition) is 0. The molecule has 1 unspecified atom stereocenters. The molecule has 0 heterocycles. The molecule has 20 heavy (non-hydrogen) atoms. The highest BCUT2D eigenvalue weighted by Gasteiger charge is 2.37. The van der Waals surface area contributed by atoms with Crippen LogP contribution in [0.15, 0.2) is 18.2 Å². The van der Waals surface area contributed by atoms with Crippen molar-refractivity contribution in [3.63, 3.8) is 0 Å². The van der Waals surface area contributed by atoms with E-state index >= 15 is 0 Å². The van der Waals surface area contributed by atoms with Crippen molar-refractivity contribution in [3.8, 4) is 0 Å². The molecule has 0 aliphatic carbocycles. The number of benzene rings is 1. The molecule has 0 aromatic heterocycles. The maximum atomic E-state index is 12.7. The molecule has 0 amide bonds. The SMILES string of the molecule is CC(C)OC(C)c1cc(C(F)(F)F)cc(C(F)(F)F)c1. The van der Waals surface area contributed by atoms with E-state index in [1.54, 1.807) is 13.8 Å². The summed E-state index contributed by atoms with van der Waals surface area (Å²) in [6, 6.07) is 1.47. The van der Waals surface area contributed by atoms with Crippen LogP contribution in [0.5, 0.6) is 0 Å². The normalized spacial score (nSPS) is 14.7. The number of ether oxygens (including phenoxy) is 1. The molecule has 0 radical (unpaired) electrons. The first-order chi connectivity index (χ1) is 8.91. The van der Waals surface area contributed by atoms with E-state index in [0.29, 0.717) is 12.1 Å². The highest BCUT2D eigenvalue weighted by Crippen LogP contribution is 2.37. The Bertz CT molecular complexity index is 429. The molecule has 1 aromatic rings. The summed E-state index contributed by atoms with van der Waals surface area (Å²) in [6.07, 6.45) is -10.9. The molecule has 0 spiro atoms. The molecule has 7 heteroatoms. The minimum Gasteiger partial charge on any atom is -0.371 e. The number of halogens is 6. The van der Waals surface area contributed by atoms with Gasteiger partial charge in [0.2, 0.25) is 0 Å². The minimum absolute atomic E-state index is 0.103. The third-order valence-electron chi connectivity index (χ3n) is 2.56. The average molecular weight is 300 g/mol. The lowest BCUT2D eigenvalue weighted by Crippen LogP contribution is -2.14. The monoisotopic (exact) mass is 300 g/mol. The Kier molecular flexibility index (Phi) is 4.74. The van der Waals surface area contributed by atoms with Gasteiger partial charge in [0.1, 0.15) is 0 Å². The predicted molar refractivity (Wildman–Crippen MR) is 61.1 cm³/mol. The van der Waals surface area contributed by atoms with Gasteiger partial charge in [0.05, 0.1) is 23.3 Å². The van der Waals surface area contributed by atoms with Gasteiger partial charge < -0.3 is 4.74 Å². The van der Waals surface area contributed by atoms with Crippen LogP contribution in [-0.2, 0) is 17.1 Å². The van der Waals surface area contributed by atoms with E-state index in [-0.39, 0.29) is 17.7 Å². The van der Waals surface area contributed by atoms with Gasteiger partial charge in [-0.2, -0.15) is 26.3 Å². The van der Waals surface area contributed by atoms with Crippen LogP contribution in [0, 0.1) is 0 Å². The first kappa shape index (κ1) is 16.8. The molecule has 0 aliphatic rings.